The van der Waals surface area contributed by atoms with Gasteiger partial charge in [0.1, 0.15) is 0 Å². The van der Waals surface area contributed by atoms with Crippen molar-refractivity contribution >= 4 is 11.9 Å². The first-order valence-corrected chi connectivity index (χ1v) is 13.3. The number of ketones is 1. The summed E-state index contributed by atoms with van der Waals surface area (Å²) in [4.78, 5) is 22.3. The number of Topliss-reactive ketones (excluding diaryl/α,β-unsaturated/α-hetero) is 1. The van der Waals surface area contributed by atoms with Crippen LogP contribution in [0.3, 0.4) is 0 Å². The lowest BCUT2D eigenvalue weighted by Crippen LogP contribution is -2.15. The highest BCUT2D eigenvalue weighted by atomic mass is 19.1. The van der Waals surface area contributed by atoms with Crippen molar-refractivity contribution in [2.24, 2.45) is 5.92 Å². The number of rotatable bonds is 7. The number of allylic oxidation sites excluding steroid dienone is 1. The maximum absolute atomic E-state index is 12.9. The lowest BCUT2D eigenvalue weighted by atomic mass is 9.76. The molecule has 2 heterocycles. The molecular weight excluding hydrogens is 447 g/mol. The highest BCUT2D eigenvalue weighted by Crippen LogP contribution is 2.39. The Balaban J connectivity index is 1.39. The number of alkyl halides is 1. The molecule has 0 N–H and O–H groups in total. The largest absolute Gasteiger partial charge is 0.294 e. The minimum absolute atomic E-state index is 0.140. The first-order chi connectivity index (χ1) is 17.5. The summed E-state index contributed by atoms with van der Waals surface area (Å²) in [5.74, 6) is 1.42. The molecule has 2 aliphatic carbocycles. The fourth-order valence-electron chi connectivity index (χ4n) is 5.99. The molecule has 3 nitrogen and oxygen atoms in total. The van der Waals surface area contributed by atoms with Crippen molar-refractivity contribution < 1.29 is 9.18 Å². The van der Waals surface area contributed by atoms with Gasteiger partial charge < -0.3 is 0 Å². The van der Waals surface area contributed by atoms with Crippen molar-refractivity contribution in [1.29, 1.82) is 0 Å². The Kier molecular flexibility index (Phi) is 7.41. The molecule has 0 atom stereocenters. The normalized spacial score (nSPS) is 19.4. The van der Waals surface area contributed by atoms with Gasteiger partial charge in [-0.15, -0.1) is 0 Å². The monoisotopic (exact) mass is 482 g/mol. The molecule has 0 saturated heterocycles. The fourth-order valence-corrected chi connectivity index (χ4v) is 5.99. The number of pyridine rings is 2. The Bertz CT molecular complexity index is 1270. The van der Waals surface area contributed by atoms with Gasteiger partial charge in [0.25, 0.3) is 0 Å². The maximum atomic E-state index is 12.9. The quantitative estimate of drug-likeness (QED) is 0.343. The third-order valence-corrected chi connectivity index (χ3v) is 7.95. The first kappa shape index (κ1) is 24.5. The number of nitrogens with zero attached hydrogens (tertiary/aromatic N) is 2. The predicted molar refractivity (Wildman–Crippen MR) is 144 cm³/mol. The average molecular weight is 483 g/mol. The summed E-state index contributed by atoms with van der Waals surface area (Å²) in [5.41, 5.74) is 9.28. The Morgan fingerprint density at radius 1 is 1.03 bits per heavy atom. The standard InChI is InChI=1S/C32H35FN2O/c1-21-17-24(11-15-28(21)25-13-9-23(10-14-25)5-4-16-33)18-30-32-26(6-3-7-31(32)36)19-29(35-30)27-12-8-22(2)34-20-27/h3,6,8,11-12,15,17,19-20,23,25H,4-5,7,9-10,13-14,16,18H2,1-2H3. The van der Waals surface area contributed by atoms with Crippen molar-refractivity contribution in [2.45, 2.75) is 71.1 Å². The van der Waals surface area contributed by atoms with E-state index < -0.39 is 0 Å². The number of fused-ring (bicyclic) bond motifs is 1. The van der Waals surface area contributed by atoms with Crippen LogP contribution in [0.25, 0.3) is 17.3 Å². The predicted octanol–water partition coefficient (Wildman–Crippen LogP) is 7.97. The summed E-state index contributed by atoms with van der Waals surface area (Å²) in [7, 11) is 0. The van der Waals surface area contributed by atoms with Gasteiger partial charge in [-0.2, -0.15) is 0 Å². The van der Waals surface area contributed by atoms with Crippen LogP contribution in [0.2, 0.25) is 0 Å². The lowest BCUT2D eigenvalue weighted by Gasteiger charge is -2.29. The molecule has 4 heteroatoms. The van der Waals surface area contributed by atoms with E-state index in [-0.39, 0.29) is 12.5 Å². The Morgan fingerprint density at radius 3 is 2.58 bits per heavy atom. The Labute approximate surface area is 213 Å². The van der Waals surface area contributed by atoms with Crippen LogP contribution in [-0.4, -0.2) is 22.4 Å². The van der Waals surface area contributed by atoms with E-state index in [1.54, 1.807) is 0 Å². The summed E-state index contributed by atoms with van der Waals surface area (Å²) in [6.45, 7) is 3.99. The van der Waals surface area contributed by atoms with Crippen LogP contribution < -0.4 is 0 Å². The zero-order valence-corrected chi connectivity index (χ0v) is 21.4. The number of benzene rings is 1. The lowest BCUT2D eigenvalue weighted by molar-refractivity contribution is 0.0993. The van der Waals surface area contributed by atoms with Crippen LogP contribution in [0.1, 0.15) is 94.9 Å². The molecule has 0 amide bonds. The summed E-state index contributed by atoms with van der Waals surface area (Å²) in [6.07, 6.45) is 13.4. The van der Waals surface area contributed by atoms with E-state index in [4.69, 9.17) is 4.98 Å². The van der Waals surface area contributed by atoms with Crippen molar-refractivity contribution in [2.75, 3.05) is 6.67 Å². The van der Waals surface area contributed by atoms with Crippen LogP contribution in [-0.2, 0) is 6.42 Å². The molecule has 0 aliphatic heterocycles. The van der Waals surface area contributed by atoms with E-state index in [9.17, 15) is 9.18 Å². The molecule has 1 saturated carbocycles. The van der Waals surface area contributed by atoms with Gasteiger partial charge in [0.2, 0.25) is 0 Å². The highest BCUT2D eigenvalue weighted by Gasteiger charge is 2.24. The number of carbonyl (C=O) groups excluding carboxylic acids is 1. The molecule has 0 bridgehead atoms. The summed E-state index contributed by atoms with van der Waals surface area (Å²) in [6, 6.07) is 12.8. The second-order valence-corrected chi connectivity index (χ2v) is 10.6. The topological polar surface area (TPSA) is 42.9 Å². The van der Waals surface area contributed by atoms with Gasteiger partial charge in [-0.25, -0.2) is 0 Å². The molecular formula is C32H35FN2O. The number of aromatic nitrogens is 2. The second-order valence-electron chi connectivity index (χ2n) is 10.6. The molecule has 5 rings (SSSR count). The van der Waals surface area contributed by atoms with Crippen molar-refractivity contribution in [3.8, 4) is 11.3 Å². The van der Waals surface area contributed by atoms with Crippen molar-refractivity contribution in [1.82, 2.24) is 9.97 Å². The zero-order valence-electron chi connectivity index (χ0n) is 21.4. The smallest absolute Gasteiger partial charge is 0.169 e. The number of halogens is 1. The minimum atomic E-state index is -0.189. The van der Waals surface area contributed by atoms with Crippen molar-refractivity contribution in [3.63, 3.8) is 0 Å². The molecule has 1 fully saturated rings. The van der Waals surface area contributed by atoms with Gasteiger partial charge in [-0.05, 0) is 105 Å². The van der Waals surface area contributed by atoms with Gasteiger partial charge in [0.15, 0.2) is 5.78 Å². The fraction of sp³-hybridized carbons (Fsp3) is 0.406. The third kappa shape index (κ3) is 5.33. The number of aryl methyl sites for hydroxylation is 2. The van der Waals surface area contributed by atoms with Gasteiger partial charge >= 0.3 is 0 Å². The van der Waals surface area contributed by atoms with E-state index in [0.29, 0.717) is 31.1 Å². The third-order valence-electron chi connectivity index (χ3n) is 7.95. The highest BCUT2D eigenvalue weighted by molar-refractivity contribution is 6.04. The van der Waals surface area contributed by atoms with E-state index in [0.717, 1.165) is 40.2 Å². The minimum Gasteiger partial charge on any atom is -0.294 e. The molecule has 3 aromatic rings. The molecule has 0 unspecified atom stereocenters. The van der Waals surface area contributed by atoms with E-state index in [1.807, 2.05) is 43.5 Å². The Hall–Kier alpha value is -3.14. The van der Waals surface area contributed by atoms with E-state index >= 15 is 0 Å². The van der Waals surface area contributed by atoms with E-state index in [1.165, 1.54) is 42.4 Å². The second kappa shape index (κ2) is 10.9. The van der Waals surface area contributed by atoms with Gasteiger partial charge in [0.05, 0.1) is 18.1 Å². The van der Waals surface area contributed by atoms with Gasteiger partial charge in [-0.3, -0.25) is 19.2 Å². The Morgan fingerprint density at radius 2 is 1.86 bits per heavy atom. The van der Waals surface area contributed by atoms with E-state index in [2.05, 4.69) is 30.1 Å². The number of hydrogen-bond acceptors (Lipinski definition) is 3. The molecule has 2 aromatic heterocycles. The van der Waals surface area contributed by atoms with Crippen molar-refractivity contribution in [3.05, 3.63) is 87.9 Å². The number of carbonyl (C=O) groups is 1. The van der Waals surface area contributed by atoms with Gasteiger partial charge in [0, 0.05) is 35.9 Å². The van der Waals surface area contributed by atoms with Gasteiger partial charge in [-0.1, -0.05) is 30.4 Å². The van der Waals surface area contributed by atoms with Crippen LogP contribution in [0, 0.1) is 19.8 Å². The van der Waals surface area contributed by atoms with Crippen LogP contribution in [0.4, 0.5) is 4.39 Å². The van der Waals surface area contributed by atoms with Crippen LogP contribution >= 0.6 is 0 Å². The SMILES string of the molecule is Cc1ccc(-c2cc3c(c(Cc4ccc(C5CCC(CCCF)CC5)c(C)c4)n2)C(=O)CC=C3)cn1. The summed E-state index contributed by atoms with van der Waals surface area (Å²) < 4.78 is 12.5. The van der Waals surface area contributed by atoms with Crippen LogP contribution in [0.5, 0.6) is 0 Å². The maximum Gasteiger partial charge on any atom is 0.169 e. The molecule has 2 aliphatic rings. The van der Waals surface area contributed by atoms with Crippen LogP contribution in [0.15, 0.2) is 48.7 Å². The summed E-state index contributed by atoms with van der Waals surface area (Å²) >= 11 is 0. The molecule has 1 aromatic carbocycles. The molecule has 36 heavy (non-hydrogen) atoms. The summed E-state index contributed by atoms with van der Waals surface area (Å²) in [5, 5.41) is 0. The first-order valence-electron chi connectivity index (χ1n) is 13.3. The average Bonchev–Trinajstić information content (AvgIpc) is 2.88. The molecule has 186 valence electrons. The zero-order chi connectivity index (χ0) is 25.1. The number of hydrogen-bond donors (Lipinski definition) is 0. The molecule has 0 spiro atoms. The molecule has 0 radical (unpaired) electrons.